The normalized spacial score (nSPS) is 17.4. The smallest absolute Gasteiger partial charge is 0.306 e. The zero-order chi connectivity index (χ0) is 18.0. The summed E-state index contributed by atoms with van der Waals surface area (Å²) in [6.07, 6.45) is 1.43. The number of rotatable bonds is 4. The van der Waals surface area contributed by atoms with E-state index in [1.165, 1.54) is 22.3 Å². The highest BCUT2D eigenvalue weighted by Gasteiger charge is 2.30. The second kappa shape index (κ2) is 7.71. The third-order valence-corrected chi connectivity index (χ3v) is 5.46. The molecule has 1 heterocycles. The van der Waals surface area contributed by atoms with Crippen molar-refractivity contribution in [3.8, 4) is 0 Å². The highest BCUT2D eigenvalue weighted by atomic mass is 79.9. The third kappa shape index (κ3) is 4.31. The van der Waals surface area contributed by atoms with E-state index >= 15 is 0 Å². The lowest BCUT2D eigenvalue weighted by Crippen LogP contribution is -2.39. The zero-order valence-corrected chi connectivity index (χ0v) is 16.3. The van der Waals surface area contributed by atoms with Crippen LogP contribution in [0.25, 0.3) is 0 Å². The average molecular weight is 402 g/mol. The van der Waals surface area contributed by atoms with Gasteiger partial charge < -0.3 is 5.11 Å². The summed E-state index contributed by atoms with van der Waals surface area (Å²) in [5, 5.41) is 9.28. The summed E-state index contributed by atoms with van der Waals surface area (Å²) in [7, 11) is 0. The van der Waals surface area contributed by atoms with Gasteiger partial charge in [-0.25, -0.2) is 0 Å². The molecule has 1 atom stereocenters. The Morgan fingerprint density at radius 3 is 2.28 bits per heavy atom. The fourth-order valence-electron chi connectivity index (χ4n) is 3.86. The van der Waals surface area contributed by atoms with Gasteiger partial charge in [0, 0.05) is 4.47 Å². The number of carbonyl (C=O) groups is 1. The van der Waals surface area contributed by atoms with E-state index in [9.17, 15) is 9.90 Å². The van der Waals surface area contributed by atoms with Crippen molar-refractivity contribution < 1.29 is 9.90 Å². The number of benzene rings is 2. The van der Waals surface area contributed by atoms with E-state index < -0.39 is 5.97 Å². The van der Waals surface area contributed by atoms with Gasteiger partial charge in [0.05, 0.1) is 12.0 Å². The minimum atomic E-state index is -0.662. The van der Waals surface area contributed by atoms with Gasteiger partial charge in [-0.3, -0.25) is 9.69 Å². The Kier molecular flexibility index (Phi) is 5.60. The Bertz CT molecular complexity index is 746. The topological polar surface area (TPSA) is 40.5 Å². The van der Waals surface area contributed by atoms with Crippen LogP contribution >= 0.6 is 15.9 Å². The number of likely N-dealkylation sites (tertiary alicyclic amines) is 1. The van der Waals surface area contributed by atoms with Crippen LogP contribution in [0.1, 0.15) is 41.1 Å². The van der Waals surface area contributed by atoms with Crippen LogP contribution in [0.2, 0.25) is 0 Å². The second-order valence-corrected chi connectivity index (χ2v) is 7.94. The number of aliphatic carboxylic acids is 1. The van der Waals surface area contributed by atoms with Crippen LogP contribution in [-0.2, 0) is 4.79 Å². The van der Waals surface area contributed by atoms with Crippen LogP contribution < -0.4 is 0 Å². The van der Waals surface area contributed by atoms with E-state index in [4.69, 9.17) is 0 Å². The highest BCUT2D eigenvalue weighted by Crippen LogP contribution is 2.34. The van der Waals surface area contributed by atoms with E-state index in [1.807, 2.05) is 6.07 Å². The molecule has 0 aromatic heterocycles. The van der Waals surface area contributed by atoms with Crippen LogP contribution in [-0.4, -0.2) is 29.1 Å². The van der Waals surface area contributed by atoms with Gasteiger partial charge in [-0.2, -0.15) is 0 Å². The predicted octanol–water partition coefficient (Wildman–Crippen LogP) is 4.95. The minimum absolute atomic E-state index is 0.158. The second-order valence-electron chi connectivity index (χ2n) is 7.03. The van der Waals surface area contributed by atoms with Gasteiger partial charge >= 0.3 is 5.97 Å². The molecule has 2 aromatic carbocycles. The number of piperidine rings is 1. The molecule has 1 aliphatic rings. The summed E-state index contributed by atoms with van der Waals surface area (Å²) < 4.78 is 1.07. The van der Waals surface area contributed by atoms with E-state index in [1.54, 1.807) is 0 Å². The quantitative estimate of drug-likeness (QED) is 0.787. The molecule has 1 saturated heterocycles. The highest BCUT2D eigenvalue weighted by molar-refractivity contribution is 9.10. The summed E-state index contributed by atoms with van der Waals surface area (Å²) in [6.45, 7) is 5.87. The minimum Gasteiger partial charge on any atom is -0.481 e. The first-order chi connectivity index (χ1) is 11.9. The summed E-state index contributed by atoms with van der Waals surface area (Å²) in [5.74, 6) is -0.872. The maximum Gasteiger partial charge on any atom is 0.306 e. The maximum atomic E-state index is 11.3. The number of nitrogens with zero attached hydrogens (tertiary/aromatic N) is 1. The van der Waals surface area contributed by atoms with Crippen molar-refractivity contribution in [3.05, 3.63) is 69.2 Å². The molecule has 1 unspecified atom stereocenters. The van der Waals surface area contributed by atoms with Crippen LogP contribution in [0.3, 0.4) is 0 Å². The summed E-state index contributed by atoms with van der Waals surface area (Å²) in [6, 6.07) is 15.3. The lowest BCUT2D eigenvalue weighted by molar-refractivity contribution is -0.143. The molecule has 0 radical (unpaired) electrons. The van der Waals surface area contributed by atoms with Crippen LogP contribution in [0, 0.1) is 19.8 Å². The standard InChI is InChI=1S/C21H24BrNO2/c1-14-10-15(2)12-18(11-14)20(17-4-3-5-19(22)13-17)23-8-6-16(7-9-23)21(24)25/h3-5,10-13,16,20H,6-9H2,1-2H3,(H,24,25). The van der Waals surface area contributed by atoms with Gasteiger partial charge in [0.2, 0.25) is 0 Å². The molecule has 3 nitrogen and oxygen atoms in total. The molecule has 1 aliphatic heterocycles. The first kappa shape index (κ1) is 18.2. The monoisotopic (exact) mass is 401 g/mol. The van der Waals surface area contributed by atoms with Crippen molar-refractivity contribution in [3.63, 3.8) is 0 Å². The van der Waals surface area contributed by atoms with Crippen molar-refractivity contribution in [1.29, 1.82) is 0 Å². The third-order valence-electron chi connectivity index (χ3n) is 4.97. The number of carboxylic acid groups (broad SMARTS) is 1. The first-order valence-electron chi connectivity index (χ1n) is 8.74. The number of aryl methyl sites for hydroxylation is 2. The van der Waals surface area contributed by atoms with Crippen molar-refractivity contribution in [2.24, 2.45) is 5.92 Å². The molecular formula is C21H24BrNO2. The summed E-state index contributed by atoms with van der Waals surface area (Å²) in [4.78, 5) is 13.7. The van der Waals surface area contributed by atoms with Gasteiger partial charge in [-0.15, -0.1) is 0 Å². The van der Waals surface area contributed by atoms with Crippen molar-refractivity contribution >= 4 is 21.9 Å². The number of halogens is 1. The Morgan fingerprint density at radius 2 is 1.72 bits per heavy atom. The lowest BCUT2D eigenvalue weighted by Gasteiger charge is -2.37. The molecule has 3 rings (SSSR count). The Hall–Kier alpha value is -1.65. The zero-order valence-electron chi connectivity index (χ0n) is 14.7. The number of hydrogen-bond donors (Lipinski definition) is 1. The fourth-order valence-corrected chi connectivity index (χ4v) is 4.28. The molecule has 4 heteroatoms. The molecular weight excluding hydrogens is 378 g/mol. The molecule has 0 aliphatic carbocycles. The Morgan fingerprint density at radius 1 is 1.08 bits per heavy atom. The van der Waals surface area contributed by atoms with Crippen molar-refractivity contribution in [1.82, 2.24) is 4.90 Å². The molecule has 0 saturated carbocycles. The Balaban J connectivity index is 1.96. The van der Waals surface area contributed by atoms with Crippen LogP contribution in [0.4, 0.5) is 0 Å². The van der Waals surface area contributed by atoms with Crippen LogP contribution in [0.5, 0.6) is 0 Å². The molecule has 1 fully saturated rings. The van der Waals surface area contributed by atoms with Crippen molar-refractivity contribution in [2.45, 2.75) is 32.7 Å². The van der Waals surface area contributed by atoms with Gasteiger partial charge in [0.25, 0.3) is 0 Å². The van der Waals surface area contributed by atoms with E-state index in [0.29, 0.717) is 12.8 Å². The van der Waals surface area contributed by atoms with Crippen molar-refractivity contribution in [2.75, 3.05) is 13.1 Å². The molecule has 25 heavy (non-hydrogen) atoms. The van der Waals surface area contributed by atoms with Crippen LogP contribution in [0.15, 0.2) is 46.9 Å². The predicted molar refractivity (Wildman–Crippen MR) is 104 cm³/mol. The van der Waals surface area contributed by atoms with E-state index in [-0.39, 0.29) is 12.0 Å². The SMILES string of the molecule is Cc1cc(C)cc(C(c2cccc(Br)c2)N2CCC(C(=O)O)CC2)c1. The number of carboxylic acids is 1. The van der Waals surface area contributed by atoms with Gasteiger partial charge in [0.1, 0.15) is 0 Å². The molecule has 132 valence electrons. The molecule has 0 spiro atoms. The molecule has 1 N–H and O–H groups in total. The molecule has 0 amide bonds. The summed E-state index contributed by atoms with van der Waals surface area (Å²) >= 11 is 3.59. The maximum absolute atomic E-state index is 11.3. The van der Waals surface area contributed by atoms with E-state index in [0.717, 1.165) is 17.6 Å². The van der Waals surface area contributed by atoms with Gasteiger partial charge in [0.15, 0.2) is 0 Å². The van der Waals surface area contributed by atoms with E-state index in [2.05, 4.69) is 71.1 Å². The average Bonchev–Trinajstić information content (AvgIpc) is 2.55. The lowest BCUT2D eigenvalue weighted by atomic mass is 9.90. The Labute approximate surface area is 157 Å². The molecule has 2 aromatic rings. The first-order valence-corrected chi connectivity index (χ1v) is 9.54. The van der Waals surface area contributed by atoms with Gasteiger partial charge in [-0.1, -0.05) is 57.4 Å². The fraction of sp³-hybridized carbons (Fsp3) is 0.381. The number of hydrogen-bond acceptors (Lipinski definition) is 2. The molecule has 0 bridgehead atoms. The largest absolute Gasteiger partial charge is 0.481 e. The van der Waals surface area contributed by atoms with Gasteiger partial charge in [-0.05, 0) is 63.0 Å². The summed E-state index contributed by atoms with van der Waals surface area (Å²) in [5.41, 5.74) is 5.04.